The molecule has 178 valence electrons. The van der Waals surface area contributed by atoms with Crippen molar-refractivity contribution in [3.05, 3.63) is 92.4 Å². The van der Waals surface area contributed by atoms with Crippen molar-refractivity contribution in [2.45, 2.75) is 13.5 Å². The zero-order chi connectivity index (χ0) is 24.4. The first kappa shape index (κ1) is 22.9. The van der Waals surface area contributed by atoms with E-state index in [0.717, 1.165) is 41.1 Å². The van der Waals surface area contributed by atoms with Crippen LogP contribution < -0.4 is 10.2 Å². The Morgan fingerprint density at radius 2 is 1.83 bits per heavy atom. The van der Waals surface area contributed by atoms with E-state index in [-0.39, 0.29) is 17.2 Å². The second-order valence-corrected chi connectivity index (χ2v) is 9.66. The molecule has 2 heterocycles. The lowest BCUT2D eigenvalue weighted by Crippen LogP contribution is -2.46. The van der Waals surface area contributed by atoms with Crippen molar-refractivity contribution in [1.82, 2.24) is 9.88 Å². The lowest BCUT2D eigenvalue weighted by Gasteiger charge is -2.35. The number of anilines is 2. The van der Waals surface area contributed by atoms with Gasteiger partial charge in [-0.25, -0.2) is 4.98 Å². The number of nitrogens with one attached hydrogen (secondary N) is 1. The zero-order valence-corrected chi connectivity index (χ0v) is 20.1. The topological polar surface area (TPSA) is 91.6 Å². The molecule has 1 aliphatic rings. The van der Waals surface area contributed by atoms with Crippen molar-refractivity contribution in [3.8, 4) is 0 Å². The molecule has 5 rings (SSSR count). The lowest BCUT2D eigenvalue weighted by molar-refractivity contribution is -0.384. The van der Waals surface area contributed by atoms with Crippen LogP contribution in [0.4, 0.5) is 17.1 Å². The standard InChI is InChI=1S/C26H25N5O3S/c1-18-27-23(17-35-18)16-29-10-12-30(13-11-29)24-9-7-21(15-25(24)31(33)34)26(32)28-22-8-6-19-4-2-3-5-20(19)14-22/h2-9,14-15,17H,10-13,16H2,1H3,(H,28,32). The van der Waals surface area contributed by atoms with Crippen molar-refractivity contribution < 1.29 is 9.72 Å². The summed E-state index contributed by atoms with van der Waals surface area (Å²) in [6, 6.07) is 18.2. The van der Waals surface area contributed by atoms with E-state index < -0.39 is 4.92 Å². The third-order valence-electron chi connectivity index (χ3n) is 6.21. The van der Waals surface area contributed by atoms with Crippen molar-refractivity contribution in [2.24, 2.45) is 0 Å². The molecule has 9 heteroatoms. The van der Waals surface area contributed by atoms with Crippen LogP contribution in [-0.2, 0) is 6.54 Å². The molecular formula is C26H25N5O3S. The van der Waals surface area contributed by atoms with E-state index in [1.807, 2.05) is 54.3 Å². The molecule has 0 spiro atoms. The summed E-state index contributed by atoms with van der Waals surface area (Å²) >= 11 is 1.64. The summed E-state index contributed by atoms with van der Waals surface area (Å²) in [6.45, 7) is 5.71. The molecule has 3 aromatic carbocycles. The van der Waals surface area contributed by atoms with Gasteiger partial charge in [0.25, 0.3) is 11.6 Å². The summed E-state index contributed by atoms with van der Waals surface area (Å²) < 4.78 is 0. The highest BCUT2D eigenvalue weighted by molar-refractivity contribution is 7.09. The molecule has 1 N–H and O–H groups in total. The van der Waals surface area contributed by atoms with Crippen LogP contribution in [0.5, 0.6) is 0 Å². The maximum absolute atomic E-state index is 12.9. The normalized spacial score (nSPS) is 14.3. The Balaban J connectivity index is 1.28. The van der Waals surface area contributed by atoms with Gasteiger partial charge in [-0.05, 0) is 42.0 Å². The monoisotopic (exact) mass is 487 g/mol. The van der Waals surface area contributed by atoms with E-state index in [1.54, 1.807) is 23.5 Å². The molecule has 35 heavy (non-hydrogen) atoms. The summed E-state index contributed by atoms with van der Waals surface area (Å²) in [7, 11) is 0. The summed E-state index contributed by atoms with van der Waals surface area (Å²) in [6.07, 6.45) is 0. The number of aryl methyl sites for hydroxylation is 1. The third kappa shape index (κ3) is 5.16. The highest BCUT2D eigenvalue weighted by Crippen LogP contribution is 2.31. The Morgan fingerprint density at radius 1 is 1.06 bits per heavy atom. The highest BCUT2D eigenvalue weighted by Gasteiger charge is 2.25. The summed E-state index contributed by atoms with van der Waals surface area (Å²) in [5.74, 6) is -0.377. The SMILES string of the molecule is Cc1nc(CN2CCN(c3ccc(C(=O)Nc4ccc5ccccc5c4)cc3[N+](=O)[O-])CC2)cs1. The Hall–Kier alpha value is -3.82. The quantitative estimate of drug-likeness (QED) is 0.301. The average Bonchev–Trinajstić information content (AvgIpc) is 3.28. The number of aromatic nitrogens is 1. The lowest BCUT2D eigenvalue weighted by atomic mass is 10.1. The summed E-state index contributed by atoms with van der Waals surface area (Å²) in [4.78, 5) is 33.2. The molecule has 0 unspecified atom stereocenters. The Labute approximate surface area is 207 Å². The Morgan fingerprint density at radius 3 is 2.54 bits per heavy atom. The fourth-order valence-corrected chi connectivity index (χ4v) is 5.01. The molecule has 1 saturated heterocycles. The maximum atomic E-state index is 12.9. The van der Waals surface area contributed by atoms with E-state index in [2.05, 4.69) is 20.6 Å². The number of nitrogens with zero attached hydrogens (tertiary/aromatic N) is 4. The number of carbonyl (C=O) groups is 1. The first-order valence-electron chi connectivity index (χ1n) is 11.4. The fraction of sp³-hybridized carbons (Fsp3) is 0.231. The molecule has 0 bridgehead atoms. The minimum Gasteiger partial charge on any atom is -0.363 e. The molecule has 8 nitrogen and oxygen atoms in total. The molecule has 1 aliphatic heterocycles. The average molecular weight is 488 g/mol. The van der Waals surface area contributed by atoms with E-state index in [4.69, 9.17) is 0 Å². The number of rotatable bonds is 6. The number of thiazole rings is 1. The van der Waals surface area contributed by atoms with Gasteiger partial charge in [-0.15, -0.1) is 11.3 Å². The molecule has 0 saturated carbocycles. The zero-order valence-electron chi connectivity index (χ0n) is 19.3. The largest absolute Gasteiger partial charge is 0.363 e. The summed E-state index contributed by atoms with van der Waals surface area (Å²) in [5, 5.41) is 20.0. The number of carbonyl (C=O) groups excluding carboxylic acids is 1. The Bertz CT molecular complexity index is 1390. The van der Waals surface area contributed by atoms with Crippen LogP contribution in [0.1, 0.15) is 21.1 Å². The highest BCUT2D eigenvalue weighted by atomic mass is 32.1. The van der Waals surface area contributed by atoms with Crippen molar-refractivity contribution in [2.75, 3.05) is 36.4 Å². The van der Waals surface area contributed by atoms with Crippen LogP contribution in [0.3, 0.4) is 0 Å². The third-order valence-corrected chi connectivity index (χ3v) is 7.03. The van der Waals surface area contributed by atoms with Crippen LogP contribution in [-0.4, -0.2) is 46.9 Å². The van der Waals surface area contributed by atoms with Crippen molar-refractivity contribution in [3.63, 3.8) is 0 Å². The molecule has 0 atom stereocenters. The van der Waals surface area contributed by atoms with E-state index in [1.165, 1.54) is 6.07 Å². The maximum Gasteiger partial charge on any atom is 0.293 e. The Kier molecular flexibility index (Phi) is 6.43. The minimum absolute atomic E-state index is 0.0558. The van der Waals surface area contributed by atoms with Gasteiger partial charge in [-0.3, -0.25) is 19.8 Å². The molecule has 1 amide bonds. The predicted octanol–water partition coefficient (Wildman–Crippen LogP) is 5.09. The number of piperazine rings is 1. The van der Waals surface area contributed by atoms with Gasteiger partial charge in [0, 0.05) is 55.4 Å². The smallest absolute Gasteiger partial charge is 0.293 e. The molecule has 0 aliphatic carbocycles. The van der Waals surface area contributed by atoms with E-state index in [9.17, 15) is 14.9 Å². The second-order valence-electron chi connectivity index (χ2n) is 8.60. The molecule has 1 fully saturated rings. The van der Waals surface area contributed by atoms with Crippen LogP contribution in [0.25, 0.3) is 10.8 Å². The van der Waals surface area contributed by atoms with Gasteiger partial charge in [0.1, 0.15) is 5.69 Å². The predicted molar refractivity (Wildman–Crippen MR) is 139 cm³/mol. The van der Waals surface area contributed by atoms with Gasteiger partial charge in [0.05, 0.1) is 15.6 Å². The van der Waals surface area contributed by atoms with Gasteiger partial charge in [-0.2, -0.15) is 0 Å². The molecule has 1 aromatic heterocycles. The molecular weight excluding hydrogens is 462 g/mol. The van der Waals surface area contributed by atoms with Crippen LogP contribution in [0.15, 0.2) is 66.0 Å². The van der Waals surface area contributed by atoms with E-state index in [0.29, 0.717) is 24.5 Å². The fourth-order valence-electron chi connectivity index (χ4n) is 4.41. The first-order chi connectivity index (χ1) is 17.0. The summed E-state index contributed by atoms with van der Waals surface area (Å²) in [5.41, 5.74) is 2.45. The number of benzene rings is 3. The van der Waals surface area contributed by atoms with Gasteiger partial charge in [-0.1, -0.05) is 30.3 Å². The number of hydrogen-bond donors (Lipinski definition) is 1. The number of fused-ring (bicyclic) bond motifs is 1. The number of amides is 1. The van der Waals surface area contributed by atoms with Crippen molar-refractivity contribution >= 4 is 45.1 Å². The second kappa shape index (κ2) is 9.81. The molecule has 4 aromatic rings. The molecule has 0 radical (unpaired) electrons. The minimum atomic E-state index is -0.410. The number of nitro benzene ring substituents is 1. The van der Waals surface area contributed by atoms with E-state index >= 15 is 0 Å². The van der Waals surface area contributed by atoms with Crippen LogP contribution >= 0.6 is 11.3 Å². The van der Waals surface area contributed by atoms with Crippen LogP contribution in [0.2, 0.25) is 0 Å². The first-order valence-corrected chi connectivity index (χ1v) is 12.3. The number of hydrogen-bond acceptors (Lipinski definition) is 7. The van der Waals surface area contributed by atoms with Crippen LogP contribution in [0, 0.1) is 17.0 Å². The van der Waals surface area contributed by atoms with Gasteiger partial charge in [0.2, 0.25) is 0 Å². The van der Waals surface area contributed by atoms with Gasteiger partial charge >= 0.3 is 0 Å². The number of nitro groups is 1. The van der Waals surface area contributed by atoms with Gasteiger partial charge < -0.3 is 10.2 Å². The van der Waals surface area contributed by atoms with Gasteiger partial charge in [0.15, 0.2) is 0 Å². The van der Waals surface area contributed by atoms with Crippen molar-refractivity contribution in [1.29, 1.82) is 0 Å².